The summed E-state index contributed by atoms with van der Waals surface area (Å²) in [5, 5.41) is 13.1. The first-order valence-corrected chi connectivity index (χ1v) is 11.3. The van der Waals surface area contributed by atoms with Crippen molar-refractivity contribution < 1.29 is 45.8 Å². The Morgan fingerprint density at radius 3 is 2.37 bits per heavy atom. The molecule has 15 heteroatoms. The highest BCUT2D eigenvalue weighted by molar-refractivity contribution is 7.17. The average Bonchev–Trinajstić information content (AvgIpc) is 3.18. The summed E-state index contributed by atoms with van der Waals surface area (Å²) in [5.41, 5.74) is -3.91. The van der Waals surface area contributed by atoms with Crippen molar-refractivity contribution in [3.63, 3.8) is 0 Å². The lowest BCUT2D eigenvalue weighted by atomic mass is 9.94. The Balaban J connectivity index is 1.45. The van der Waals surface area contributed by atoms with Gasteiger partial charge in [-0.1, -0.05) is 0 Å². The number of hydrogen-bond donors (Lipinski definition) is 2. The Morgan fingerprint density at radius 1 is 1.20 bits per heavy atom. The highest BCUT2D eigenvalue weighted by Crippen LogP contribution is 2.41. The summed E-state index contributed by atoms with van der Waals surface area (Å²) in [4.78, 5) is 30.8. The number of nitrogens with zero attached hydrogens (tertiary/aromatic N) is 3. The Hall–Kier alpha value is -2.81. The van der Waals surface area contributed by atoms with Crippen molar-refractivity contribution >= 4 is 39.4 Å². The minimum Gasteiger partial charge on any atom is -0.446 e. The molecule has 0 aliphatic carbocycles. The zero-order chi connectivity index (χ0) is 25.8. The maximum Gasteiger partial charge on any atom is 0.420 e. The van der Waals surface area contributed by atoms with Gasteiger partial charge < -0.3 is 25.0 Å². The number of anilines is 1. The topological polar surface area (TPSA) is 95.0 Å². The van der Waals surface area contributed by atoms with Crippen LogP contribution in [-0.2, 0) is 10.9 Å². The number of fused-ring (bicyclic) bond motifs is 1. The highest BCUT2D eigenvalue weighted by atomic mass is 32.1. The molecule has 2 aliphatic heterocycles. The lowest BCUT2D eigenvalue weighted by Gasteiger charge is -2.46. The van der Waals surface area contributed by atoms with E-state index in [-0.39, 0.29) is 47.5 Å². The predicted octanol–water partition coefficient (Wildman–Crippen LogP) is 3.39. The van der Waals surface area contributed by atoms with Gasteiger partial charge in [0.15, 0.2) is 5.60 Å². The second-order valence-electron chi connectivity index (χ2n) is 8.39. The minimum absolute atomic E-state index is 0.0103. The number of carbonyl (C=O) groups is 2. The molecule has 0 spiro atoms. The number of carbonyl (C=O) groups excluding carboxylic acids is 2. The first-order valence-electron chi connectivity index (χ1n) is 10.4. The fraction of sp³-hybridized carbons (Fsp3) is 0.550. The summed E-state index contributed by atoms with van der Waals surface area (Å²) in [5.74, 6) is -0.556. The van der Waals surface area contributed by atoms with Crippen molar-refractivity contribution in [2.75, 3.05) is 38.1 Å². The van der Waals surface area contributed by atoms with Gasteiger partial charge in [-0.05, 0) is 6.07 Å². The van der Waals surface area contributed by atoms with E-state index < -0.39 is 54.7 Å². The third-order valence-corrected chi connectivity index (χ3v) is 7.01. The number of pyridine rings is 1. The number of aromatic nitrogens is 1. The maximum absolute atomic E-state index is 13.7. The number of aliphatic hydroxyl groups is 1. The van der Waals surface area contributed by atoms with Crippen LogP contribution < -0.4 is 10.2 Å². The quantitative estimate of drug-likeness (QED) is 0.596. The van der Waals surface area contributed by atoms with E-state index in [1.54, 1.807) is 4.90 Å². The molecule has 192 valence electrons. The molecular formula is C20H20F6N4O4S. The summed E-state index contributed by atoms with van der Waals surface area (Å²) in [6, 6.07) is 0.914. The Kier molecular flexibility index (Phi) is 6.28. The highest BCUT2D eigenvalue weighted by Gasteiger charge is 2.62. The molecule has 2 N–H and O–H groups in total. The molecule has 0 aromatic carbocycles. The Labute approximate surface area is 198 Å². The summed E-state index contributed by atoms with van der Waals surface area (Å²) < 4.78 is 84.4. The van der Waals surface area contributed by atoms with Gasteiger partial charge in [0.1, 0.15) is 11.9 Å². The minimum atomic E-state index is -4.86. The molecule has 2 amide bonds. The molecule has 35 heavy (non-hydrogen) atoms. The molecule has 2 saturated heterocycles. The second kappa shape index (κ2) is 8.69. The van der Waals surface area contributed by atoms with Crippen molar-refractivity contribution in [2.45, 2.75) is 36.9 Å². The summed E-state index contributed by atoms with van der Waals surface area (Å²) >= 11 is 0.773. The SMILES string of the molecule is CNC(=O)c1csc2c(C(F)(F)F)cc(N3CCC(OC(=O)N4CC(O)(C(F)(F)F)C4)CC3)nc12. The zero-order valence-electron chi connectivity index (χ0n) is 18.2. The first kappa shape index (κ1) is 25.3. The summed E-state index contributed by atoms with van der Waals surface area (Å²) in [7, 11) is 1.36. The van der Waals surface area contributed by atoms with Crippen molar-refractivity contribution in [3.05, 3.63) is 22.6 Å². The third kappa shape index (κ3) is 4.70. The largest absolute Gasteiger partial charge is 0.446 e. The molecule has 0 saturated carbocycles. The molecular weight excluding hydrogens is 506 g/mol. The van der Waals surface area contributed by atoms with Crippen LogP contribution in [-0.4, -0.2) is 78.1 Å². The Bertz CT molecular complexity index is 1140. The van der Waals surface area contributed by atoms with Gasteiger partial charge in [-0.3, -0.25) is 4.79 Å². The maximum atomic E-state index is 13.7. The van der Waals surface area contributed by atoms with Gasteiger partial charge in [-0.2, -0.15) is 26.3 Å². The van der Waals surface area contributed by atoms with E-state index in [1.807, 2.05) is 0 Å². The molecule has 0 radical (unpaired) electrons. The molecule has 4 rings (SSSR count). The second-order valence-corrected chi connectivity index (χ2v) is 9.27. The number of ether oxygens (including phenoxy) is 1. The van der Waals surface area contributed by atoms with Crippen molar-refractivity contribution in [2.24, 2.45) is 0 Å². The van der Waals surface area contributed by atoms with Crippen LogP contribution in [0.4, 0.5) is 37.0 Å². The number of halogens is 6. The van der Waals surface area contributed by atoms with E-state index in [0.717, 1.165) is 22.3 Å². The fourth-order valence-corrected chi connectivity index (χ4v) is 5.00. The number of piperidine rings is 1. The van der Waals surface area contributed by atoms with Gasteiger partial charge in [0.25, 0.3) is 5.91 Å². The van der Waals surface area contributed by atoms with Crippen LogP contribution in [0.1, 0.15) is 28.8 Å². The molecule has 0 bridgehead atoms. The van der Waals surface area contributed by atoms with Crippen LogP contribution in [0.15, 0.2) is 11.4 Å². The standard InChI is InChI=1S/C20H20F6N4O4S/c1-27-16(31)11-7-35-15-12(19(21,22)23)6-13(28-14(11)15)29-4-2-10(3-5-29)34-17(32)30-8-18(33,9-30)20(24,25)26/h6-7,10,33H,2-5,8-9H2,1H3,(H,27,31). The van der Waals surface area contributed by atoms with E-state index in [9.17, 15) is 41.0 Å². The van der Waals surface area contributed by atoms with Crippen molar-refractivity contribution in [1.82, 2.24) is 15.2 Å². The van der Waals surface area contributed by atoms with Crippen LogP contribution in [0, 0.1) is 0 Å². The molecule has 8 nitrogen and oxygen atoms in total. The van der Waals surface area contributed by atoms with Crippen LogP contribution in [0.5, 0.6) is 0 Å². The summed E-state index contributed by atoms with van der Waals surface area (Å²) in [6.07, 6.45) is -10.8. The van der Waals surface area contributed by atoms with Crippen LogP contribution in [0.25, 0.3) is 10.2 Å². The van der Waals surface area contributed by atoms with Crippen LogP contribution >= 0.6 is 11.3 Å². The van der Waals surface area contributed by atoms with Crippen molar-refractivity contribution in [1.29, 1.82) is 0 Å². The van der Waals surface area contributed by atoms with E-state index in [4.69, 9.17) is 4.74 Å². The monoisotopic (exact) mass is 526 g/mol. The number of thiophene rings is 1. The van der Waals surface area contributed by atoms with Gasteiger partial charge >= 0.3 is 18.4 Å². The van der Waals surface area contributed by atoms with Gasteiger partial charge in [0.05, 0.1) is 34.4 Å². The number of alkyl halides is 6. The van der Waals surface area contributed by atoms with Gasteiger partial charge in [-0.25, -0.2) is 9.78 Å². The average molecular weight is 526 g/mol. The lowest BCUT2D eigenvalue weighted by Crippen LogP contribution is -2.70. The van der Waals surface area contributed by atoms with E-state index in [0.29, 0.717) is 0 Å². The number of nitrogens with one attached hydrogen (secondary N) is 1. The van der Waals surface area contributed by atoms with Gasteiger partial charge in [0.2, 0.25) is 0 Å². The van der Waals surface area contributed by atoms with E-state index >= 15 is 0 Å². The molecule has 2 fully saturated rings. The lowest BCUT2D eigenvalue weighted by molar-refractivity contribution is -0.296. The normalized spacial score (nSPS) is 19.0. The first-order chi connectivity index (χ1) is 16.2. The predicted molar refractivity (Wildman–Crippen MR) is 112 cm³/mol. The van der Waals surface area contributed by atoms with Gasteiger partial charge in [-0.15, -0.1) is 11.3 Å². The van der Waals surface area contributed by atoms with E-state index in [1.165, 1.54) is 12.4 Å². The number of β-amino-alcohol motifs (C(OH)–C–C–N with tert-alkyl or cyclic N) is 1. The van der Waals surface area contributed by atoms with Gasteiger partial charge in [0, 0.05) is 38.4 Å². The summed E-state index contributed by atoms with van der Waals surface area (Å²) in [6.45, 7) is -1.52. The molecule has 2 aliphatic rings. The fourth-order valence-electron chi connectivity index (χ4n) is 3.98. The van der Waals surface area contributed by atoms with Crippen molar-refractivity contribution in [3.8, 4) is 0 Å². The zero-order valence-corrected chi connectivity index (χ0v) is 19.0. The third-order valence-electron chi connectivity index (χ3n) is 6.01. The number of rotatable bonds is 3. The molecule has 0 unspecified atom stereocenters. The smallest absolute Gasteiger partial charge is 0.420 e. The van der Waals surface area contributed by atoms with E-state index in [2.05, 4.69) is 10.3 Å². The van der Waals surface area contributed by atoms with Crippen LogP contribution in [0.3, 0.4) is 0 Å². The number of hydrogen-bond acceptors (Lipinski definition) is 7. The number of likely N-dealkylation sites (tertiary alicyclic amines) is 1. The molecule has 4 heterocycles. The Morgan fingerprint density at radius 2 is 1.83 bits per heavy atom. The molecule has 2 aromatic heterocycles. The van der Waals surface area contributed by atoms with Crippen LogP contribution in [0.2, 0.25) is 0 Å². The molecule has 0 atom stereocenters. The molecule has 2 aromatic rings. The number of amides is 2.